The lowest BCUT2D eigenvalue weighted by Gasteiger charge is -1.92. The van der Waals surface area contributed by atoms with Crippen LogP contribution in [0.1, 0.15) is 0 Å². The number of ether oxygens (including phenoxy) is 1. The molecule has 10 heavy (non-hydrogen) atoms. The molecule has 4 heteroatoms. The minimum atomic E-state index is 0.107. The maximum Gasteiger partial charge on any atom is 0.307 e. The van der Waals surface area contributed by atoms with Crippen LogP contribution in [-0.2, 0) is 11.3 Å². The van der Waals surface area contributed by atoms with Crippen molar-refractivity contribution in [2.75, 3.05) is 6.61 Å². The molecule has 1 aromatic heterocycles. The lowest BCUT2D eigenvalue weighted by atomic mass is 10.5. The highest BCUT2D eigenvalue weighted by Gasteiger charge is 2.22. The highest BCUT2D eigenvalue weighted by molar-refractivity contribution is 7.07. The van der Waals surface area contributed by atoms with E-state index in [4.69, 9.17) is 4.74 Å². The van der Waals surface area contributed by atoms with Crippen molar-refractivity contribution < 1.29 is 4.74 Å². The first-order chi connectivity index (χ1) is 4.86. The Morgan fingerprint density at radius 2 is 2.70 bits per heavy atom. The van der Waals surface area contributed by atoms with Crippen LogP contribution in [0.25, 0.3) is 0 Å². The molecule has 1 aliphatic heterocycles. The molecule has 1 aromatic rings. The van der Waals surface area contributed by atoms with Crippen molar-refractivity contribution in [1.29, 1.82) is 0 Å². The molecular formula is C6H7NO2S. The van der Waals surface area contributed by atoms with Gasteiger partial charge in [0.15, 0.2) is 0 Å². The van der Waals surface area contributed by atoms with Crippen molar-refractivity contribution in [1.82, 2.24) is 4.57 Å². The molecule has 3 nitrogen and oxygen atoms in total. The minimum Gasteiger partial charge on any atom is -0.371 e. The molecule has 0 amide bonds. The first-order valence-corrected chi connectivity index (χ1v) is 4.00. The normalized spacial score (nSPS) is 23.0. The quantitative estimate of drug-likeness (QED) is 0.579. The number of aromatic nitrogens is 1. The number of hydrogen-bond acceptors (Lipinski definition) is 3. The molecule has 0 spiro atoms. The van der Waals surface area contributed by atoms with Gasteiger partial charge in [-0.2, -0.15) is 0 Å². The molecule has 0 radical (unpaired) electrons. The van der Waals surface area contributed by atoms with Crippen LogP contribution in [0.15, 0.2) is 16.4 Å². The van der Waals surface area contributed by atoms with Crippen molar-refractivity contribution in [3.63, 3.8) is 0 Å². The predicted molar refractivity (Wildman–Crippen MR) is 38.3 cm³/mol. The smallest absolute Gasteiger partial charge is 0.307 e. The van der Waals surface area contributed by atoms with Gasteiger partial charge in [-0.15, -0.1) is 0 Å². The maximum absolute atomic E-state index is 10.9. The maximum atomic E-state index is 10.9. The van der Waals surface area contributed by atoms with E-state index in [2.05, 4.69) is 0 Å². The fourth-order valence-corrected chi connectivity index (χ4v) is 1.41. The van der Waals surface area contributed by atoms with E-state index in [1.165, 1.54) is 11.3 Å². The summed E-state index contributed by atoms with van der Waals surface area (Å²) in [5, 5.41) is 1.80. The molecule has 0 N–H and O–H groups in total. The summed E-state index contributed by atoms with van der Waals surface area (Å²) < 4.78 is 6.66. The van der Waals surface area contributed by atoms with Gasteiger partial charge in [-0.25, -0.2) is 0 Å². The molecule has 0 aliphatic carbocycles. The van der Waals surface area contributed by atoms with Gasteiger partial charge in [0.2, 0.25) is 0 Å². The molecule has 0 saturated carbocycles. The Bertz CT molecular complexity index is 273. The first-order valence-electron chi connectivity index (χ1n) is 3.12. The van der Waals surface area contributed by atoms with Gasteiger partial charge in [0.1, 0.15) is 0 Å². The molecule has 2 rings (SSSR count). The van der Waals surface area contributed by atoms with Crippen LogP contribution in [0.4, 0.5) is 0 Å². The minimum absolute atomic E-state index is 0.107. The van der Waals surface area contributed by atoms with Crippen LogP contribution in [0.3, 0.4) is 0 Å². The van der Waals surface area contributed by atoms with Crippen molar-refractivity contribution in [2.45, 2.75) is 12.6 Å². The summed E-state index contributed by atoms with van der Waals surface area (Å²) in [6.07, 6.45) is 2.10. The summed E-state index contributed by atoms with van der Waals surface area (Å²) in [7, 11) is 0. The van der Waals surface area contributed by atoms with E-state index in [0.717, 1.165) is 13.2 Å². The van der Waals surface area contributed by atoms with Gasteiger partial charge in [0, 0.05) is 11.6 Å². The molecule has 2 heterocycles. The van der Waals surface area contributed by atoms with E-state index >= 15 is 0 Å². The van der Waals surface area contributed by atoms with Gasteiger partial charge in [0.25, 0.3) is 0 Å². The summed E-state index contributed by atoms with van der Waals surface area (Å²) in [4.78, 5) is 11.0. The molecule has 0 bridgehead atoms. The van der Waals surface area contributed by atoms with E-state index in [1.54, 1.807) is 16.1 Å². The Labute approximate surface area is 61.9 Å². The number of hydrogen-bond donors (Lipinski definition) is 0. The second-order valence-corrected chi connectivity index (χ2v) is 3.13. The SMILES string of the molecule is O=c1sccn1C[C@H]1CO1. The Balaban J connectivity index is 2.16. The standard InChI is InChI=1S/C6H7NO2S/c8-6-7(1-2-10-6)3-5-4-9-5/h1-2,5H,3-4H2/t5-/m0/s1. The van der Waals surface area contributed by atoms with Crippen LogP contribution in [-0.4, -0.2) is 17.3 Å². The van der Waals surface area contributed by atoms with Gasteiger partial charge in [0.05, 0.1) is 19.3 Å². The lowest BCUT2D eigenvalue weighted by molar-refractivity contribution is 0.381. The second-order valence-electron chi connectivity index (χ2n) is 2.28. The van der Waals surface area contributed by atoms with E-state index in [1.807, 2.05) is 0 Å². The molecule has 1 atom stereocenters. The molecule has 1 fully saturated rings. The second kappa shape index (κ2) is 2.21. The highest BCUT2D eigenvalue weighted by Crippen LogP contribution is 2.10. The Morgan fingerprint density at radius 3 is 3.20 bits per heavy atom. The van der Waals surface area contributed by atoms with Crippen LogP contribution < -0.4 is 4.87 Å². The van der Waals surface area contributed by atoms with Gasteiger partial charge in [-0.05, 0) is 0 Å². The van der Waals surface area contributed by atoms with Crippen molar-refractivity contribution in [3.8, 4) is 0 Å². The zero-order valence-electron chi connectivity index (χ0n) is 5.32. The van der Waals surface area contributed by atoms with E-state index in [-0.39, 0.29) is 4.87 Å². The van der Waals surface area contributed by atoms with Crippen LogP contribution in [0, 0.1) is 0 Å². The van der Waals surface area contributed by atoms with Crippen molar-refractivity contribution in [3.05, 3.63) is 21.2 Å². The van der Waals surface area contributed by atoms with Crippen LogP contribution >= 0.6 is 11.3 Å². The van der Waals surface area contributed by atoms with Gasteiger partial charge >= 0.3 is 4.87 Å². The van der Waals surface area contributed by atoms with Crippen molar-refractivity contribution in [2.24, 2.45) is 0 Å². The third-order valence-corrected chi connectivity index (χ3v) is 2.14. The highest BCUT2D eigenvalue weighted by atomic mass is 32.1. The topological polar surface area (TPSA) is 34.5 Å². The Hall–Kier alpha value is -0.610. The fourth-order valence-electron chi connectivity index (χ4n) is 0.819. The van der Waals surface area contributed by atoms with E-state index in [9.17, 15) is 4.79 Å². The number of rotatable bonds is 2. The van der Waals surface area contributed by atoms with Crippen LogP contribution in [0.2, 0.25) is 0 Å². The monoisotopic (exact) mass is 157 g/mol. The first kappa shape index (κ1) is 6.12. The third-order valence-electron chi connectivity index (χ3n) is 1.45. The summed E-state index contributed by atoms with van der Waals surface area (Å²) in [5.41, 5.74) is 0. The molecule has 1 aliphatic rings. The Kier molecular flexibility index (Phi) is 1.35. The summed E-state index contributed by atoms with van der Waals surface area (Å²) in [6, 6.07) is 0. The number of epoxide rings is 1. The Morgan fingerprint density at radius 1 is 1.90 bits per heavy atom. The zero-order chi connectivity index (χ0) is 6.97. The van der Waals surface area contributed by atoms with Gasteiger partial charge in [-0.3, -0.25) is 4.79 Å². The molecular weight excluding hydrogens is 150 g/mol. The van der Waals surface area contributed by atoms with Crippen molar-refractivity contribution >= 4 is 11.3 Å². The summed E-state index contributed by atoms with van der Waals surface area (Å²) in [5.74, 6) is 0. The van der Waals surface area contributed by atoms with Gasteiger partial charge in [-0.1, -0.05) is 11.3 Å². The molecule has 1 saturated heterocycles. The fraction of sp³-hybridized carbons (Fsp3) is 0.500. The largest absolute Gasteiger partial charge is 0.371 e. The number of nitrogens with zero attached hydrogens (tertiary/aromatic N) is 1. The number of thiazole rings is 1. The zero-order valence-corrected chi connectivity index (χ0v) is 6.13. The predicted octanol–water partition coefficient (Wildman–Crippen LogP) is 0.309. The molecule has 0 unspecified atom stereocenters. The van der Waals surface area contributed by atoms with Crippen LogP contribution in [0.5, 0.6) is 0 Å². The molecule has 54 valence electrons. The van der Waals surface area contributed by atoms with Gasteiger partial charge < -0.3 is 9.30 Å². The average molecular weight is 157 g/mol. The summed E-state index contributed by atoms with van der Waals surface area (Å²) in [6.45, 7) is 1.53. The van der Waals surface area contributed by atoms with E-state index in [0.29, 0.717) is 6.10 Å². The molecule has 0 aromatic carbocycles. The summed E-state index contributed by atoms with van der Waals surface area (Å²) >= 11 is 1.23. The lowest BCUT2D eigenvalue weighted by Crippen LogP contribution is -2.14. The third kappa shape index (κ3) is 1.12. The van der Waals surface area contributed by atoms with E-state index < -0.39 is 0 Å². The average Bonchev–Trinajstić information content (AvgIpc) is 2.62.